The van der Waals surface area contributed by atoms with Gasteiger partial charge >= 0.3 is 0 Å². The highest BCUT2D eigenvalue weighted by Crippen LogP contribution is 2.22. The quantitative estimate of drug-likeness (QED) is 0.666. The highest BCUT2D eigenvalue weighted by Gasteiger charge is 2.24. The van der Waals surface area contributed by atoms with Crippen LogP contribution in [-0.2, 0) is 17.6 Å². The minimum absolute atomic E-state index is 0.0103. The van der Waals surface area contributed by atoms with Crippen LogP contribution in [-0.4, -0.2) is 40.2 Å². The van der Waals surface area contributed by atoms with Gasteiger partial charge < -0.3 is 14.7 Å². The third kappa shape index (κ3) is 4.99. The number of pyridine rings is 1. The Morgan fingerprint density at radius 3 is 2.83 bits per heavy atom. The van der Waals surface area contributed by atoms with Gasteiger partial charge in [-0.3, -0.25) is 4.79 Å². The third-order valence-corrected chi connectivity index (χ3v) is 5.09. The van der Waals surface area contributed by atoms with Crippen molar-refractivity contribution in [3.05, 3.63) is 60.0 Å². The van der Waals surface area contributed by atoms with Crippen molar-refractivity contribution in [3.63, 3.8) is 0 Å². The Balaban J connectivity index is 1.32. The lowest BCUT2D eigenvalue weighted by Crippen LogP contribution is -2.35. The fourth-order valence-corrected chi connectivity index (χ4v) is 3.64. The van der Waals surface area contributed by atoms with Crippen molar-refractivity contribution in [3.8, 4) is 11.5 Å². The van der Waals surface area contributed by atoms with Crippen molar-refractivity contribution in [1.29, 1.82) is 0 Å². The van der Waals surface area contributed by atoms with E-state index in [4.69, 9.17) is 4.52 Å². The van der Waals surface area contributed by atoms with Gasteiger partial charge in [-0.05, 0) is 37.0 Å². The van der Waals surface area contributed by atoms with Crippen molar-refractivity contribution < 1.29 is 9.32 Å². The first-order valence-corrected chi connectivity index (χ1v) is 10.0. The van der Waals surface area contributed by atoms with Gasteiger partial charge in [0.05, 0.1) is 5.56 Å². The normalized spacial score (nSPS) is 16.2. The Labute approximate surface area is 170 Å². The smallest absolute Gasteiger partial charge is 0.259 e. The van der Waals surface area contributed by atoms with Crippen molar-refractivity contribution in [1.82, 2.24) is 20.4 Å². The minimum Gasteiger partial charge on any atom is -0.354 e. The van der Waals surface area contributed by atoms with Gasteiger partial charge in [-0.15, -0.1) is 0 Å². The molecule has 3 aromatic rings. The molecule has 0 unspecified atom stereocenters. The maximum Gasteiger partial charge on any atom is 0.259 e. The van der Waals surface area contributed by atoms with Crippen molar-refractivity contribution in [2.45, 2.75) is 38.6 Å². The van der Waals surface area contributed by atoms with Crippen LogP contribution in [0.5, 0.6) is 0 Å². The van der Waals surface area contributed by atoms with Gasteiger partial charge in [0, 0.05) is 38.7 Å². The molecule has 2 aromatic heterocycles. The summed E-state index contributed by atoms with van der Waals surface area (Å²) < 4.78 is 5.42. The molecule has 0 bridgehead atoms. The predicted octanol–water partition coefficient (Wildman–Crippen LogP) is 3.02. The third-order valence-electron chi connectivity index (χ3n) is 5.09. The fraction of sp³-hybridized carbons (Fsp3) is 0.364. The molecule has 0 aliphatic carbocycles. The zero-order chi connectivity index (χ0) is 20.1. The summed E-state index contributed by atoms with van der Waals surface area (Å²) in [6.45, 7) is 3.21. The van der Waals surface area contributed by atoms with Crippen LogP contribution < -0.4 is 10.2 Å². The first-order chi connectivity index (χ1) is 14.2. The Bertz CT molecular complexity index is 939. The number of aryl methyl sites for hydroxylation is 2. The van der Waals surface area contributed by atoms with Crippen LogP contribution in [0.2, 0.25) is 0 Å². The Kier molecular flexibility index (Phi) is 5.84. The van der Waals surface area contributed by atoms with Gasteiger partial charge in [-0.25, -0.2) is 4.98 Å². The molecule has 29 heavy (non-hydrogen) atoms. The molecule has 1 saturated heterocycles. The molecule has 1 fully saturated rings. The molecule has 7 nitrogen and oxygen atoms in total. The number of nitrogens with one attached hydrogen (secondary N) is 1. The molecule has 0 radical (unpaired) electrons. The lowest BCUT2D eigenvalue weighted by atomic mass is 10.1. The van der Waals surface area contributed by atoms with Gasteiger partial charge in [0.2, 0.25) is 5.91 Å². The number of carbonyl (C=O) groups excluding carboxylic acids is 1. The van der Waals surface area contributed by atoms with E-state index in [0.29, 0.717) is 5.89 Å². The topological polar surface area (TPSA) is 84.2 Å². The molecule has 4 rings (SSSR count). The van der Waals surface area contributed by atoms with Gasteiger partial charge in [0.25, 0.3) is 5.89 Å². The number of carbonyl (C=O) groups is 1. The van der Waals surface area contributed by atoms with E-state index >= 15 is 0 Å². The number of rotatable bonds is 7. The molecule has 7 heteroatoms. The van der Waals surface area contributed by atoms with E-state index in [1.165, 1.54) is 5.56 Å². The molecule has 1 atom stereocenters. The van der Waals surface area contributed by atoms with Gasteiger partial charge in [0.1, 0.15) is 5.82 Å². The summed E-state index contributed by atoms with van der Waals surface area (Å²) in [5.41, 5.74) is 2.13. The summed E-state index contributed by atoms with van der Waals surface area (Å²) >= 11 is 0. The van der Waals surface area contributed by atoms with E-state index in [-0.39, 0.29) is 11.9 Å². The summed E-state index contributed by atoms with van der Waals surface area (Å²) in [6, 6.07) is 14.5. The van der Waals surface area contributed by atoms with Gasteiger partial charge in [0.15, 0.2) is 5.82 Å². The maximum atomic E-state index is 11.2. The molecular formula is C22H25N5O2. The molecule has 150 valence electrons. The van der Waals surface area contributed by atoms with Crippen LogP contribution in [0.25, 0.3) is 11.5 Å². The van der Waals surface area contributed by atoms with E-state index in [0.717, 1.165) is 56.0 Å². The van der Waals surface area contributed by atoms with Crippen LogP contribution in [0.15, 0.2) is 53.2 Å². The van der Waals surface area contributed by atoms with E-state index < -0.39 is 0 Å². The molecule has 1 N–H and O–H groups in total. The number of aromatic nitrogens is 3. The second-order valence-corrected chi connectivity index (χ2v) is 7.39. The maximum absolute atomic E-state index is 11.2. The molecule has 3 heterocycles. The van der Waals surface area contributed by atoms with E-state index in [2.05, 4.69) is 49.6 Å². The zero-order valence-electron chi connectivity index (χ0n) is 16.5. The average Bonchev–Trinajstić information content (AvgIpc) is 3.38. The minimum atomic E-state index is 0.0103. The summed E-state index contributed by atoms with van der Waals surface area (Å²) in [4.78, 5) is 22.4. The standard InChI is InChI=1S/C22H25N5O2/c1-16(28)24-19-12-13-27(15-19)21-11-10-18(14-23-21)22-25-20(26-29-22)9-5-8-17-6-3-2-4-7-17/h2-4,6-7,10-11,14,19H,5,8-9,12-13,15H2,1H3,(H,24,28)/t19-/m0/s1. The van der Waals surface area contributed by atoms with Crippen LogP contribution in [0.1, 0.15) is 31.2 Å². The number of hydrogen-bond donors (Lipinski definition) is 1. The average molecular weight is 391 g/mol. The van der Waals surface area contributed by atoms with Crippen LogP contribution in [0, 0.1) is 0 Å². The van der Waals surface area contributed by atoms with Gasteiger partial charge in [-0.1, -0.05) is 35.5 Å². The molecule has 0 saturated carbocycles. The monoisotopic (exact) mass is 391 g/mol. The zero-order valence-corrected chi connectivity index (χ0v) is 16.5. The summed E-state index contributed by atoms with van der Waals surface area (Å²) in [6.07, 6.45) is 5.45. The number of benzene rings is 1. The Morgan fingerprint density at radius 1 is 1.21 bits per heavy atom. The number of anilines is 1. The molecule has 0 spiro atoms. The highest BCUT2D eigenvalue weighted by atomic mass is 16.5. The largest absolute Gasteiger partial charge is 0.354 e. The first-order valence-electron chi connectivity index (χ1n) is 10.0. The van der Waals surface area contributed by atoms with Crippen molar-refractivity contribution >= 4 is 11.7 Å². The Hall–Kier alpha value is -3.22. The molecule has 1 aromatic carbocycles. The van der Waals surface area contributed by atoms with Crippen LogP contribution in [0.3, 0.4) is 0 Å². The van der Waals surface area contributed by atoms with E-state index in [9.17, 15) is 4.79 Å². The SMILES string of the molecule is CC(=O)N[C@H]1CCN(c2ccc(-c3nc(CCCc4ccccc4)no3)cn2)C1. The Morgan fingerprint density at radius 2 is 2.07 bits per heavy atom. The summed E-state index contributed by atoms with van der Waals surface area (Å²) in [5.74, 6) is 2.12. The highest BCUT2D eigenvalue weighted by molar-refractivity contribution is 5.73. The molecular weight excluding hydrogens is 366 g/mol. The first kappa shape index (κ1) is 19.1. The second-order valence-electron chi connectivity index (χ2n) is 7.39. The number of hydrogen-bond acceptors (Lipinski definition) is 6. The second kappa shape index (κ2) is 8.86. The molecule has 1 aliphatic rings. The van der Waals surface area contributed by atoms with Gasteiger partial charge in [-0.2, -0.15) is 4.98 Å². The molecule has 1 aliphatic heterocycles. The van der Waals surface area contributed by atoms with Crippen LogP contribution in [0.4, 0.5) is 5.82 Å². The lowest BCUT2D eigenvalue weighted by molar-refractivity contribution is -0.119. The number of nitrogens with zero attached hydrogens (tertiary/aromatic N) is 4. The lowest BCUT2D eigenvalue weighted by Gasteiger charge is -2.17. The fourth-order valence-electron chi connectivity index (χ4n) is 3.64. The predicted molar refractivity (Wildman–Crippen MR) is 110 cm³/mol. The van der Waals surface area contributed by atoms with E-state index in [1.807, 2.05) is 18.2 Å². The molecule has 1 amide bonds. The number of amides is 1. The van der Waals surface area contributed by atoms with Crippen molar-refractivity contribution in [2.24, 2.45) is 0 Å². The summed E-state index contributed by atoms with van der Waals surface area (Å²) in [5, 5.41) is 7.06. The van der Waals surface area contributed by atoms with E-state index in [1.54, 1.807) is 13.1 Å². The van der Waals surface area contributed by atoms with Crippen molar-refractivity contribution in [2.75, 3.05) is 18.0 Å². The summed E-state index contributed by atoms with van der Waals surface area (Å²) in [7, 11) is 0. The van der Waals surface area contributed by atoms with Crippen LogP contribution >= 0.6 is 0 Å².